The van der Waals surface area contributed by atoms with E-state index in [-0.39, 0.29) is 5.91 Å². The lowest BCUT2D eigenvalue weighted by atomic mass is 9.78. The molecule has 0 spiro atoms. The number of rotatable bonds is 2. The average Bonchev–Trinajstić information content (AvgIpc) is 2.61. The van der Waals surface area contributed by atoms with Crippen molar-refractivity contribution in [1.29, 1.82) is 0 Å². The van der Waals surface area contributed by atoms with Gasteiger partial charge in [0.25, 0.3) is 0 Å². The van der Waals surface area contributed by atoms with E-state index in [1.54, 1.807) is 0 Å². The predicted octanol–water partition coefficient (Wildman–Crippen LogP) is 3.24. The molecular weight excluding hydrogens is 280 g/mol. The Morgan fingerprint density at radius 2 is 1.73 bits per heavy atom. The summed E-state index contributed by atoms with van der Waals surface area (Å²) in [6, 6.07) is -0.564. The zero-order valence-electron chi connectivity index (χ0n) is 14.1. The third kappa shape index (κ3) is 3.93. The smallest absolute Gasteiger partial charge is 0.408 e. The molecule has 2 amide bonds. The number of carbonyl (C=O) groups excluding carboxylic acids is 1. The lowest BCUT2D eigenvalue weighted by molar-refractivity contribution is -0.127. The van der Waals surface area contributed by atoms with Crippen molar-refractivity contribution >= 4 is 12.0 Å². The highest BCUT2D eigenvalue weighted by atomic mass is 16.4. The summed E-state index contributed by atoms with van der Waals surface area (Å²) in [5, 5.41) is 12.5. The van der Waals surface area contributed by atoms with Crippen LogP contribution >= 0.6 is 0 Å². The van der Waals surface area contributed by atoms with Gasteiger partial charge in [-0.15, -0.1) is 0 Å². The first-order chi connectivity index (χ1) is 10.3. The fourth-order valence-corrected chi connectivity index (χ4v) is 4.10. The molecule has 126 valence electrons. The van der Waals surface area contributed by atoms with Gasteiger partial charge in [-0.25, -0.2) is 4.79 Å². The summed E-state index contributed by atoms with van der Waals surface area (Å²) >= 11 is 0. The standard InChI is InChI=1S/C17H30N2O3/c1-17(2,3)19(16(21)22)14-10-9-13(11-18-15(14)20)12-7-5-4-6-8-12/h12-14H,4-11H2,1-3H3,(H,18,20)(H,21,22)/t13-,14-/m1/s1. The summed E-state index contributed by atoms with van der Waals surface area (Å²) in [4.78, 5) is 25.4. The van der Waals surface area contributed by atoms with Gasteiger partial charge >= 0.3 is 6.09 Å². The molecule has 0 bridgehead atoms. The van der Waals surface area contributed by atoms with Crippen LogP contribution in [0.3, 0.4) is 0 Å². The van der Waals surface area contributed by atoms with Gasteiger partial charge in [-0.05, 0) is 45.4 Å². The topological polar surface area (TPSA) is 69.6 Å². The molecule has 0 aromatic rings. The van der Waals surface area contributed by atoms with E-state index in [0.29, 0.717) is 24.8 Å². The average molecular weight is 310 g/mol. The Morgan fingerprint density at radius 3 is 2.27 bits per heavy atom. The second-order valence-corrected chi connectivity index (χ2v) is 7.82. The fourth-order valence-electron chi connectivity index (χ4n) is 4.10. The first-order valence-electron chi connectivity index (χ1n) is 8.60. The molecule has 0 radical (unpaired) electrons. The lowest BCUT2D eigenvalue weighted by Gasteiger charge is -2.38. The number of amides is 2. The molecule has 1 saturated heterocycles. The highest BCUT2D eigenvalue weighted by Gasteiger charge is 2.39. The van der Waals surface area contributed by atoms with Crippen LogP contribution in [0.25, 0.3) is 0 Å². The van der Waals surface area contributed by atoms with E-state index in [4.69, 9.17) is 0 Å². The lowest BCUT2D eigenvalue weighted by Crippen LogP contribution is -2.56. The van der Waals surface area contributed by atoms with Crippen molar-refractivity contribution in [3.8, 4) is 0 Å². The van der Waals surface area contributed by atoms with Crippen LogP contribution in [0.1, 0.15) is 65.7 Å². The molecular formula is C17H30N2O3. The van der Waals surface area contributed by atoms with Crippen molar-refractivity contribution in [3.05, 3.63) is 0 Å². The highest BCUT2D eigenvalue weighted by molar-refractivity contribution is 5.85. The molecule has 0 aromatic carbocycles. The molecule has 5 heteroatoms. The van der Waals surface area contributed by atoms with Crippen LogP contribution in [0.4, 0.5) is 4.79 Å². The largest absolute Gasteiger partial charge is 0.465 e. The van der Waals surface area contributed by atoms with Gasteiger partial charge < -0.3 is 10.4 Å². The number of carboxylic acid groups (broad SMARTS) is 1. The molecule has 2 N–H and O–H groups in total. The van der Waals surface area contributed by atoms with Gasteiger partial charge in [-0.1, -0.05) is 32.1 Å². The van der Waals surface area contributed by atoms with Crippen molar-refractivity contribution in [1.82, 2.24) is 10.2 Å². The Kier molecular flexibility index (Phi) is 5.35. The predicted molar refractivity (Wildman–Crippen MR) is 85.7 cm³/mol. The monoisotopic (exact) mass is 310 g/mol. The highest BCUT2D eigenvalue weighted by Crippen LogP contribution is 2.34. The molecule has 2 atom stereocenters. The molecule has 2 rings (SSSR count). The number of nitrogens with one attached hydrogen (secondary N) is 1. The Hall–Kier alpha value is -1.26. The first kappa shape index (κ1) is 17.1. The van der Waals surface area contributed by atoms with Crippen LogP contribution in [0, 0.1) is 11.8 Å². The maximum atomic E-state index is 12.4. The van der Waals surface area contributed by atoms with Crippen LogP contribution < -0.4 is 5.32 Å². The van der Waals surface area contributed by atoms with Gasteiger partial charge in [0, 0.05) is 12.1 Å². The minimum atomic E-state index is -1.01. The van der Waals surface area contributed by atoms with E-state index in [2.05, 4.69) is 5.32 Å². The van der Waals surface area contributed by atoms with Gasteiger partial charge in [-0.2, -0.15) is 0 Å². The van der Waals surface area contributed by atoms with Crippen molar-refractivity contribution in [2.75, 3.05) is 6.54 Å². The van der Waals surface area contributed by atoms with Gasteiger partial charge in [0.15, 0.2) is 0 Å². The zero-order valence-corrected chi connectivity index (χ0v) is 14.1. The summed E-state index contributed by atoms with van der Waals surface area (Å²) in [6.45, 7) is 6.24. The minimum Gasteiger partial charge on any atom is -0.465 e. The van der Waals surface area contributed by atoms with Crippen molar-refractivity contribution in [3.63, 3.8) is 0 Å². The maximum absolute atomic E-state index is 12.4. The second-order valence-electron chi connectivity index (χ2n) is 7.82. The van der Waals surface area contributed by atoms with E-state index < -0.39 is 17.7 Å². The molecule has 1 saturated carbocycles. The second kappa shape index (κ2) is 6.88. The summed E-state index contributed by atoms with van der Waals surface area (Å²) in [7, 11) is 0. The molecule has 0 unspecified atom stereocenters. The van der Waals surface area contributed by atoms with E-state index >= 15 is 0 Å². The maximum Gasteiger partial charge on any atom is 0.408 e. The van der Waals surface area contributed by atoms with Gasteiger partial charge in [0.05, 0.1) is 0 Å². The molecule has 2 fully saturated rings. The quantitative estimate of drug-likeness (QED) is 0.822. The van der Waals surface area contributed by atoms with E-state index in [1.807, 2.05) is 20.8 Å². The van der Waals surface area contributed by atoms with Crippen LogP contribution in [0.2, 0.25) is 0 Å². The van der Waals surface area contributed by atoms with Crippen LogP contribution in [-0.4, -0.2) is 40.1 Å². The Labute approximate surface area is 133 Å². The normalized spacial score (nSPS) is 27.9. The molecule has 1 aliphatic heterocycles. The zero-order chi connectivity index (χ0) is 16.3. The third-order valence-corrected chi connectivity index (χ3v) is 5.21. The van der Waals surface area contributed by atoms with E-state index in [9.17, 15) is 14.7 Å². The van der Waals surface area contributed by atoms with E-state index in [1.165, 1.54) is 37.0 Å². The summed E-state index contributed by atoms with van der Waals surface area (Å²) in [5.41, 5.74) is -0.571. The molecule has 1 aliphatic carbocycles. The first-order valence-corrected chi connectivity index (χ1v) is 8.60. The van der Waals surface area contributed by atoms with E-state index in [0.717, 1.165) is 6.42 Å². The summed E-state index contributed by atoms with van der Waals surface area (Å²) in [5.74, 6) is 1.07. The molecule has 1 heterocycles. The van der Waals surface area contributed by atoms with Crippen molar-refractivity contribution in [2.45, 2.75) is 77.3 Å². The van der Waals surface area contributed by atoms with Gasteiger partial charge in [0.1, 0.15) is 6.04 Å². The Bertz CT molecular complexity index is 411. The summed E-state index contributed by atoms with van der Waals surface area (Å²) in [6.07, 6.45) is 6.99. The van der Waals surface area contributed by atoms with Crippen molar-refractivity contribution < 1.29 is 14.7 Å². The van der Waals surface area contributed by atoms with Crippen LogP contribution in [0.5, 0.6) is 0 Å². The number of hydrogen-bond acceptors (Lipinski definition) is 2. The van der Waals surface area contributed by atoms with Crippen LogP contribution in [-0.2, 0) is 4.79 Å². The van der Waals surface area contributed by atoms with Gasteiger partial charge in [-0.3, -0.25) is 9.69 Å². The van der Waals surface area contributed by atoms with Crippen molar-refractivity contribution in [2.24, 2.45) is 11.8 Å². The molecule has 22 heavy (non-hydrogen) atoms. The Morgan fingerprint density at radius 1 is 1.09 bits per heavy atom. The molecule has 0 aromatic heterocycles. The summed E-state index contributed by atoms with van der Waals surface area (Å²) < 4.78 is 0. The molecule has 2 aliphatic rings. The molecule has 5 nitrogen and oxygen atoms in total. The Balaban J connectivity index is 2.08. The SMILES string of the molecule is CC(C)(C)N(C(=O)O)[C@@H]1CC[C@@H](C2CCCCC2)CNC1=O. The van der Waals surface area contributed by atoms with Gasteiger partial charge in [0.2, 0.25) is 5.91 Å². The fraction of sp³-hybridized carbons (Fsp3) is 0.882. The number of hydrogen-bond donors (Lipinski definition) is 2. The third-order valence-electron chi connectivity index (χ3n) is 5.21. The number of carbonyl (C=O) groups is 2. The minimum absolute atomic E-state index is 0.129. The number of nitrogens with zero attached hydrogens (tertiary/aromatic N) is 1. The van der Waals surface area contributed by atoms with Crippen LogP contribution in [0.15, 0.2) is 0 Å².